The number of nitrogens with one attached hydrogen (secondary N) is 1. The van der Waals surface area contributed by atoms with Gasteiger partial charge in [0, 0.05) is 20.6 Å². The number of hydrogen-bond acceptors (Lipinski definition) is 3. The summed E-state index contributed by atoms with van der Waals surface area (Å²) in [4.78, 5) is 14.1. The summed E-state index contributed by atoms with van der Waals surface area (Å²) in [6.45, 7) is 0.693. The van der Waals surface area contributed by atoms with Crippen LogP contribution in [-0.4, -0.2) is 20.0 Å². The lowest BCUT2D eigenvalue weighted by Gasteiger charge is -2.07. The van der Waals surface area contributed by atoms with Crippen LogP contribution in [0, 0.1) is 0 Å². The summed E-state index contributed by atoms with van der Waals surface area (Å²) in [5, 5.41) is 3.93. The summed E-state index contributed by atoms with van der Waals surface area (Å²) in [5.74, 6) is 0.0723. The molecule has 1 aromatic heterocycles. The van der Waals surface area contributed by atoms with Crippen molar-refractivity contribution >= 4 is 22.2 Å². The van der Waals surface area contributed by atoms with Crippen LogP contribution in [0.25, 0.3) is 0 Å². The van der Waals surface area contributed by atoms with Gasteiger partial charge in [0.25, 0.3) is 5.91 Å². The van der Waals surface area contributed by atoms with Gasteiger partial charge in [-0.25, -0.2) is 0 Å². The first-order chi connectivity index (χ1) is 5.68. The summed E-state index contributed by atoms with van der Waals surface area (Å²) in [7, 11) is 3.97. The molecule has 12 heavy (non-hydrogen) atoms. The van der Waals surface area contributed by atoms with Gasteiger partial charge in [-0.2, -0.15) is 0 Å². The lowest BCUT2D eigenvalue weighted by atomic mass is 10.3. The molecule has 1 aromatic rings. The van der Waals surface area contributed by atoms with Crippen molar-refractivity contribution in [2.24, 2.45) is 0 Å². The van der Waals surface area contributed by atoms with E-state index < -0.39 is 0 Å². The van der Waals surface area contributed by atoms with Crippen LogP contribution in [-0.2, 0) is 6.54 Å². The van der Waals surface area contributed by atoms with Crippen molar-refractivity contribution in [3.63, 3.8) is 0 Å². The van der Waals surface area contributed by atoms with E-state index in [1.54, 1.807) is 11.3 Å². The molecule has 0 fully saturated rings. The second-order valence-electron chi connectivity index (χ2n) is 3.02. The van der Waals surface area contributed by atoms with E-state index >= 15 is 0 Å². The minimum atomic E-state index is 0.0723. The van der Waals surface area contributed by atoms with Crippen LogP contribution >= 0.6 is 11.3 Å². The Balaban J connectivity index is 2.43. The number of carbonyl (C=O) groups excluding carboxylic acids is 1. The van der Waals surface area contributed by atoms with Crippen LogP contribution in [0.4, 0.5) is 5.00 Å². The average molecular weight is 182 g/mol. The molecule has 3 nitrogen and oxygen atoms in total. The topological polar surface area (TPSA) is 32.3 Å². The van der Waals surface area contributed by atoms with Crippen LogP contribution < -0.4 is 10.2 Å². The van der Waals surface area contributed by atoms with Crippen molar-refractivity contribution < 1.29 is 4.79 Å². The molecule has 0 atom stereocenters. The molecule has 0 radical (unpaired) electrons. The molecule has 0 aromatic carbocycles. The van der Waals surface area contributed by atoms with E-state index in [0.717, 1.165) is 15.4 Å². The Morgan fingerprint density at radius 1 is 1.58 bits per heavy atom. The van der Waals surface area contributed by atoms with Gasteiger partial charge in [0.15, 0.2) is 0 Å². The van der Waals surface area contributed by atoms with Crippen LogP contribution in [0.1, 0.15) is 15.2 Å². The number of anilines is 1. The fourth-order valence-corrected chi connectivity index (χ4v) is 2.23. The molecule has 2 rings (SSSR count). The normalized spacial score (nSPS) is 14.3. The van der Waals surface area contributed by atoms with E-state index in [1.807, 2.05) is 19.0 Å². The van der Waals surface area contributed by atoms with Gasteiger partial charge in [-0.1, -0.05) is 0 Å². The highest BCUT2D eigenvalue weighted by Crippen LogP contribution is 2.31. The number of rotatable bonds is 1. The van der Waals surface area contributed by atoms with Crippen molar-refractivity contribution in [2.45, 2.75) is 6.54 Å². The molecule has 0 saturated carbocycles. The van der Waals surface area contributed by atoms with Gasteiger partial charge in [-0.15, -0.1) is 11.3 Å². The third-order valence-electron chi connectivity index (χ3n) is 1.88. The third kappa shape index (κ3) is 0.992. The lowest BCUT2D eigenvalue weighted by Crippen LogP contribution is -2.13. The van der Waals surface area contributed by atoms with E-state index in [4.69, 9.17) is 0 Å². The number of fused-ring (bicyclic) bond motifs is 1. The van der Waals surface area contributed by atoms with Gasteiger partial charge < -0.3 is 10.2 Å². The van der Waals surface area contributed by atoms with E-state index in [9.17, 15) is 4.79 Å². The maximum atomic E-state index is 11.2. The van der Waals surface area contributed by atoms with Crippen LogP contribution in [0.2, 0.25) is 0 Å². The molecular weight excluding hydrogens is 172 g/mol. The molecule has 0 saturated heterocycles. The Labute approximate surface area is 75.0 Å². The second-order valence-corrected chi connectivity index (χ2v) is 4.05. The molecule has 0 aliphatic carbocycles. The summed E-state index contributed by atoms with van der Waals surface area (Å²) in [5.41, 5.74) is 1.13. The van der Waals surface area contributed by atoms with Gasteiger partial charge in [-0.3, -0.25) is 4.79 Å². The fraction of sp³-hybridized carbons (Fsp3) is 0.375. The molecule has 0 spiro atoms. The maximum absolute atomic E-state index is 11.2. The van der Waals surface area contributed by atoms with Gasteiger partial charge >= 0.3 is 0 Å². The first kappa shape index (κ1) is 7.61. The summed E-state index contributed by atoms with van der Waals surface area (Å²) >= 11 is 1.55. The standard InChI is InChI=1S/C8H10N2OS/c1-10(2)6-3-5-4-9-8(11)7(5)12-6/h3H,4H2,1-2H3,(H,9,11). The molecule has 0 bridgehead atoms. The van der Waals surface area contributed by atoms with E-state index in [-0.39, 0.29) is 5.91 Å². The molecule has 1 N–H and O–H groups in total. The van der Waals surface area contributed by atoms with Crippen molar-refractivity contribution in [1.82, 2.24) is 5.32 Å². The molecular formula is C8H10N2OS. The van der Waals surface area contributed by atoms with Crippen LogP contribution in [0.3, 0.4) is 0 Å². The summed E-state index contributed by atoms with van der Waals surface area (Å²) < 4.78 is 0. The van der Waals surface area contributed by atoms with E-state index in [0.29, 0.717) is 6.54 Å². The number of carbonyl (C=O) groups is 1. The molecule has 1 aliphatic rings. The lowest BCUT2D eigenvalue weighted by molar-refractivity contribution is 0.0969. The summed E-state index contributed by atoms with van der Waals surface area (Å²) in [6.07, 6.45) is 0. The number of amides is 1. The monoisotopic (exact) mass is 182 g/mol. The highest BCUT2D eigenvalue weighted by Gasteiger charge is 2.22. The predicted octanol–water partition coefficient (Wildman–Crippen LogP) is 1.06. The predicted molar refractivity (Wildman–Crippen MR) is 49.8 cm³/mol. The smallest absolute Gasteiger partial charge is 0.262 e. The Bertz CT molecular complexity index is 330. The van der Waals surface area contributed by atoms with Crippen LogP contribution in [0.15, 0.2) is 6.07 Å². The SMILES string of the molecule is CN(C)c1cc2c(s1)C(=O)NC2. The number of thiophene rings is 1. The fourth-order valence-electron chi connectivity index (χ4n) is 1.21. The highest BCUT2D eigenvalue weighted by molar-refractivity contribution is 7.18. The Hall–Kier alpha value is -1.03. The third-order valence-corrected chi connectivity index (χ3v) is 3.23. The molecule has 1 amide bonds. The quantitative estimate of drug-likeness (QED) is 0.704. The largest absolute Gasteiger partial charge is 0.370 e. The van der Waals surface area contributed by atoms with Gasteiger partial charge in [0.2, 0.25) is 0 Å². The molecule has 2 heterocycles. The zero-order valence-electron chi connectivity index (χ0n) is 7.05. The highest BCUT2D eigenvalue weighted by atomic mass is 32.1. The van der Waals surface area contributed by atoms with Gasteiger partial charge in [-0.05, 0) is 11.6 Å². The zero-order valence-corrected chi connectivity index (χ0v) is 7.86. The van der Waals surface area contributed by atoms with Crippen molar-refractivity contribution in [2.75, 3.05) is 19.0 Å². The van der Waals surface area contributed by atoms with E-state index in [1.165, 1.54) is 0 Å². The Morgan fingerprint density at radius 3 is 2.92 bits per heavy atom. The minimum absolute atomic E-state index is 0.0723. The Kier molecular flexibility index (Phi) is 1.58. The zero-order chi connectivity index (χ0) is 8.72. The molecule has 64 valence electrons. The molecule has 1 aliphatic heterocycles. The minimum Gasteiger partial charge on any atom is -0.370 e. The Morgan fingerprint density at radius 2 is 2.33 bits per heavy atom. The van der Waals surface area contributed by atoms with Gasteiger partial charge in [0.05, 0.1) is 9.88 Å². The molecule has 0 unspecified atom stereocenters. The first-order valence-corrected chi connectivity index (χ1v) is 4.58. The summed E-state index contributed by atoms with van der Waals surface area (Å²) in [6, 6.07) is 2.07. The first-order valence-electron chi connectivity index (χ1n) is 3.76. The number of nitrogens with zero attached hydrogens (tertiary/aromatic N) is 1. The van der Waals surface area contributed by atoms with Crippen molar-refractivity contribution in [3.8, 4) is 0 Å². The maximum Gasteiger partial charge on any atom is 0.262 e. The van der Waals surface area contributed by atoms with Crippen LogP contribution in [0.5, 0.6) is 0 Å². The van der Waals surface area contributed by atoms with E-state index in [2.05, 4.69) is 11.4 Å². The van der Waals surface area contributed by atoms with Gasteiger partial charge in [0.1, 0.15) is 0 Å². The second kappa shape index (κ2) is 2.48. The number of hydrogen-bond donors (Lipinski definition) is 1. The average Bonchev–Trinajstić information content (AvgIpc) is 2.53. The molecule has 4 heteroatoms. The van der Waals surface area contributed by atoms with Crippen molar-refractivity contribution in [1.29, 1.82) is 0 Å². The van der Waals surface area contributed by atoms with Crippen molar-refractivity contribution in [3.05, 3.63) is 16.5 Å².